The molecule has 0 aliphatic carbocycles. The van der Waals surface area contributed by atoms with E-state index in [2.05, 4.69) is 42.3 Å². The minimum Gasteiger partial charge on any atom is -0.381 e. The van der Waals surface area contributed by atoms with E-state index in [0.717, 1.165) is 5.92 Å². The van der Waals surface area contributed by atoms with Gasteiger partial charge in [-0.15, -0.1) is 0 Å². The first-order valence-electron chi connectivity index (χ1n) is 6.78. The van der Waals surface area contributed by atoms with E-state index in [4.69, 9.17) is 0 Å². The first-order chi connectivity index (χ1) is 8.22. The molecule has 1 unspecified atom stereocenters. The molecule has 2 bridgehead atoms. The first kappa shape index (κ1) is 11.1. The number of rotatable bonds is 2. The van der Waals surface area contributed by atoms with Crippen LogP contribution in [-0.2, 0) is 0 Å². The normalized spacial score (nSPS) is 31.5. The lowest BCUT2D eigenvalue weighted by molar-refractivity contribution is 0.0975. The molecule has 4 rings (SSSR count). The Hall–Kier alpha value is -1.02. The molecular weight excluding hydrogens is 208 g/mol. The molecule has 2 heteroatoms. The Morgan fingerprint density at radius 1 is 1.12 bits per heavy atom. The van der Waals surface area contributed by atoms with Gasteiger partial charge in [0.05, 0.1) is 0 Å². The number of aryl methyl sites for hydroxylation is 2. The summed E-state index contributed by atoms with van der Waals surface area (Å²) in [6, 6.07) is 7.39. The lowest BCUT2D eigenvalue weighted by Crippen LogP contribution is -2.53. The maximum absolute atomic E-state index is 3.74. The molecule has 17 heavy (non-hydrogen) atoms. The highest BCUT2D eigenvalue weighted by Gasteiger charge is 2.33. The van der Waals surface area contributed by atoms with Crippen molar-refractivity contribution >= 4 is 5.69 Å². The average Bonchev–Trinajstić information content (AvgIpc) is 2.35. The summed E-state index contributed by atoms with van der Waals surface area (Å²) in [5.41, 5.74) is 4.06. The molecule has 1 aromatic rings. The van der Waals surface area contributed by atoms with Crippen LogP contribution < -0.4 is 5.32 Å². The van der Waals surface area contributed by atoms with E-state index in [1.165, 1.54) is 49.3 Å². The number of benzene rings is 1. The van der Waals surface area contributed by atoms with Crippen LogP contribution in [0, 0.1) is 19.8 Å². The fraction of sp³-hybridized carbons (Fsp3) is 0.600. The molecule has 3 aliphatic heterocycles. The Morgan fingerprint density at radius 3 is 2.47 bits per heavy atom. The fourth-order valence-corrected chi connectivity index (χ4v) is 3.17. The van der Waals surface area contributed by atoms with Crippen molar-refractivity contribution in [2.45, 2.75) is 32.7 Å². The van der Waals surface area contributed by atoms with Crippen molar-refractivity contribution in [3.63, 3.8) is 0 Å². The molecule has 3 fully saturated rings. The predicted octanol–water partition coefficient (Wildman–Crippen LogP) is 2.81. The van der Waals surface area contributed by atoms with Crippen LogP contribution in [0.1, 0.15) is 24.0 Å². The molecule has 0 saturated carbocycles. The van der Waals surface area contributed by atoms with Crippen LogP contribution in [0.15, 0.2) is 18.2 Å². The summed E-state index contributed by atoms with van der Waals surface area (Å²) in [7, 11) is 0. The van der Waals surface area contributed by atoms with Gasteiger partial charge in [0.2, 0.25) is 0 Å². The molecule has 0 aromatic heterocycles. The smallest absolute Gasteiger partial charge is 0.0417 e. The summed E-state index contributed by atoms with van der Waals surface area (Å²) < 4.78 is 0. The fourth-order valence-electron chi connectivity index (χ4n) is 3.17. The molecule has 3 saturated heterocycles. The third kappa shape index (κ3) is 2.19. The van der Waals surface area contributed by atoms with E-state index >= 15 is 0 Å². The molecule has 3 heterocycles. The van der Waals surface area contributed by atoms with E-state index in [1.54, 1.807) is 0 Å². The second-order valence-corrected chi connectivity index (χ2v) is 5.69. The largest absolute Gasteiger partial charge is 0.381 e. The first-order valence-corrected chi connectivity index (χ1v) is 6.78. The summed E-state index contributed by atoms with van der Waals surface area (Å²) in [5.74, 6) is 0.890. The maximum atomic E-state index is 3.74. The lowest BCUT2D eigenvalue weighted by Gasteiger charge is -2.45. The molecule has 3 aliphatic rings. The van der Waals surface area contributed by atoms with Gasteiger partial charge in [-0.25, -0.2) is 0 Å². The third-order valence-corrected chi connectivity index (χ3v) is 4.52. The number of piperidine rings is 3. The van der Waals surface area contributed by atoms with Crippen molar-refractivity contribution in [1.29, 1.82) is 0 Å². The second kappa shape index (κ2) is 4.34. The molecule has 1 aromatic carbocycles. The average molecular weight is 230 g/mol. The molecule has 1 atom stereocenters. The molecule has 2 nitrogen and oxygen atoms in total. The summed E-state index contributed by atoms with van der Waals surface area (Å²) in [5, 5.41) is 3.74. The van der Waals surface area contributed by atoms with Gasteiger partial charge < -0.3 is 10.2 Å². The van der Waals surface area contributed by atoms with E-state index < -0.39 is 0 Å². The highest BCUT2D eigenvalue weighted by molar-refractivity contribution is 5.49. The summed E-state index contributed by atoms with van der Waals surface area (Å²) >= 11 is 0. The number of anilines is 1. The van der Waals surface area contributed by atoms with Crippen LogP contribution in [0.2, 0.25) is 0 Å². The summed E-state index contributed by atoms with van der Waals surface area (Å²) in [6.07, 6.45) is 2.75. The Labute approximate surface area is 104 Å². The van der Waals surface area contributed by atoms with Crippen LogP contribution in [0.5, 0.6) is 0 Å². The van der Waals surface area contributed by atoms with E-state index in [-0.39, 0.29) is 0 Å². The number of fused-ring (bicyclic) bond motifs is 3. The number of hydrogen-bond acceptors (Lipinski definition) is 2. The minimum atomic E-state index is 0.666. The SMILES string of the molecule is Cc1ccc(NC2CN3CCC2CC3)cc1C. The molecule has 0 spiro atoms. The zero-order valence-corrected chi connectivity index (χ0v) is 10.9. The van der Waals surface area contributed by atoms with Gasteiger partial charge in [0.15, 0.2) is 0 Å². The van der Waals surface area contributed by atoms with Crippen molar-refractivity contribution in [2.75, 3.05) is 25.0 Å². The van der Waals surface area contributed by atoms with Crippen molar-refractivity contribution in [1.82, 2.24) is 4.90 Å². The van der Waals surface area contributed by atoms with Crippen molar-refractivity contribution < 1.29 is 0 Å². The Morgan fingerprint density at radius 2 is 1.88 bits per heavy atom. The standard InChI is InChI=1S/C15H22N2/c1-11-3-4-14(9-12(11)2)16-15-10-17-7-5-13(15)6-8-17/h3-4,9,13,15-16H,5-8,10H2,1-2H3. The van der Waals surface area contributed by atoms with Crippen molar-refractivity contribution in [3.8, 4) is 0 Å². The summed E-state index contributed by atoms with van der Waals surface area (Å²) in [4.78, 5) is 2.60. The third-order valence-electron chi connectivity index (χ3n) is 4.52. The summed E-state index contributed by atoms with van der Waals surface area (Å²) in [6.45, 7) is 8.23. The molecule has 0 radical (unpaired) electrons. The van der Waals surface area contributed by atoms with Gasteiger partial charge in [0.25, 0.3) is 0 Å². The molecule has 92 valence electrons. The van der Waals surface area contributed by atoms with Gasteiger partial charge >= 0.3 is 0 Å². The van der Waals surface area contributed by atoms with Gasteiger partial charge in [0.1, 0.15) is 0 Å². The zero-order valence-electron chi connectivity index (χ0n) is 10.9. The van der Waals surface area contributed by atoms with E-state index in [1.807, 2.05) is 0 Å². The predicted molar refractivity (Wildman–Crippen MR) is 72.5 cm³/mol. The van der Waals surface area contributed by atoms with Crippen LogP contribution in [0.3, 0.4) is 0 Å². The lowest BCUT2D eigenvalue weighted by atomic mass is 9.84. The maximum Gasteiger partial charge on any atom is 0.0417 e. The Bertz CT molecular complexity index is 405. The zero-order chi connectivity index (χ0) is 11.8. The Balaban J connectivity index is 1.72. The van der Waals surface area contributed by atoms with Crippen molar-refractivity contribution in [3.05, 3.63) is 29.3 Å². The number of hydrogen-bond donors (Lipinski definition) is 1. The molecule has 1 N–H and O–H groups in total. The minimum absolute atomic E-state index is 0.666. The highest BCUT2D eigenvalue weighted by atomic mass is 15.2. The molecular formula is C15H22N2. The topological polar surface area (TPSA) is 15.3 Å². The highest BCUT2D eigenvalue weighted by Crippen LogP contribution is 2.30. The van der Waals surface area contributed by atoms with Gasteiger partial charge in [-0.1, -0.05) is 6.07 Å². The van der Waals surface area contributed by atoms with Crippen LogP contribution in [-0.4, -0.2) is 30.6 Å². The van der Waals surface area contributed by atoms with Gasteiger partial charge in [-0.2, -0.15) is 0 Å². The van der Waals surface area contributed by atoms with Gasteiger partial charge in [0, 0.05) is 18.3 Å². The van der Waals surface area contributed by atoms with Crippen LogP contribution in [0.4, 0.5) is 5.69 Å². The van der Waals surface area contributed by atoms with Crippen LogP contribution in [0.25, 0.3) is 0 Å². The van der Waals surface area contributed by atoms with Gasteiger partial charge in [-0.05, 0) is 69.0 Å². The molecule has 0 amide bonds. The van der Waals surface area contributed by atoms with Gasteiger partial charge in [-0.3, -0.25) is 0 Å². The van der Waals surface area contributed by atoms with E-state index in [9.17, 15) is 0 Å². The second-order valence-electron chi connectivity index (χ2n) is 5.69. The van der Waals surface area contributed by atoms with Crippen LogP contribution >= 0.6 is 0 Å². The number of nitrogens with zero attached hydrogens (tertiary/aromatic N) is 1. The quantitative estimate of drug-likeness (QED) is 0.840. The van der Waals surface area contributed by atoms with Crippen molar-refractivity contribution in [2.24, 2.45) is 5.92 Å². The Kier molecular flexibility index (Phi) is 2.83. The number of nitrogens with one attached hydrogen (secondary N) is 1. The van der Waals surface area contributed by atoms with E-state index in [0.29, 0.717) is 6.04 Å². The monoisotopic (exact) mass is 230 g/mol.